The Labute approximate surface area is 107 Å². The van der Waals surface area contributed by atoms with E-state index in [0.29, 0.717) is 12.6 Å². The van der Waals surface area contributed by atoms with Crippen molar-refractivity contribution in [2.24, 2.45) is 0 Å². The largest absolute Gasteiger partial charge is 0.341 e. The summed E-state index contributed by atoms with van der Waals surface area (Å²) in [4.78, 5) is 14.0. The molecule has 1 aromatic heterocycles. The Morgan fingerprint density at radius 1 is 1.39 bits per heavy atom. The van der Waals surface area contributed by atoms with Crippen molar-refractivity contribution < 1.29 is 4.79 Å². The van der Waals surface area contributed by atoms with Crippen LogP contribution in [0, 0.1) is 6.92 Å². The third-order valence-electron chi connectivity index (χ3n) is 3.72. The molecule has 1 aliphatic carbocycles. The molecule has 3 heteroatoms. The van der Waals surface area contributed by atoms with E-state index in [1.54, 1.807) is 0 Å². The van der Waals surface area contributed by atoms with Gasteiger partial charge in [0.1, 0.15) is 6.54 Å². The van der Waals surface area contributed by atoms with E-state index in [0.717, 1.165) is 18.4 Å². The second-order valence-corrected chi connectivity index (χ2v) is 5.24. The number of aromatic nitrogens is 1. The van der Waals surface area contributed by atoms with Crippen molar-refractivity contribution in [3.05, 3.63) is 36.0 Å². The van der Waals surface area contributed by atoms with E-state index in [1.165, 1.54) is 10.9 Å². The predicted octanol–water partition coefficient (Wildman–Crippen LogP) is 2.57. The smallest absolute Gasteiger partial charge is 0.242 e. The lowest BCUT2D eigenvalue weighted by Crippen LogP contribution is -2.31. The van der Waals surface area contributed by atoms with Crippen LogP contribution in [-0.4, -0.2) is 28.5 Å². The third kappa shape index (κ3) is 2.01. The maximum Gasteiger partial charge on any atom is 0.242 e. The monoisotopic (exact) mass is 242 g/mol. The number of likely N-dealkylation sites (N-methyl/N-ethyl adjacent to an activating group) is 1. The summed E-state index contributed by atoms with van der Waals surface area (Å²) in [6, 6.07) is 8.90. The van der Waals surface area contributed by atoms with E-state index in [1.807, 2.05) is 22.7 Å². The first-order valence-electron chi connectivity index (χ1n) is 6.46. The number of nitrogens with zero attached hydrogens (tertiary/aromatic N) is 2. The van der Waals surface area contributed by atoms with Gasteiger partial charge in [-0.05, 0) is 42.8 Å². The van der Waals surface area contributed by atoms with E-state index < -0.39 is 0 Å². The lowest BCUT2D eigenvalue weighted by atomic mass is 10.2. The van der Waals surface area contributed by atoms with Crippen LogP contribution < -0.4 is 0 Å². The van der Waals surface area contributed by atoms with Crippen LogP contribution in [0.5, 0.6) is 0 Å². The molecule has 0 atom stereocenters. The quantitative estimate of drug-likeness (QED) is 0.812. The fourth-order valence-corrected chi connectivity index (χ4v) is 2.35. The molecule has 1 aromatic carbocycles. The standard InChI is InChI=1S/C15H18N2O/c1-11-3-4-12-7-8-17(14(12)9-11)10-15(18)16(2)13-5-6-13/h3-4,7-9,13H,5-6,10H2,1-2H3. The first-order chi connectivity index (χ1) is 8.65. The van der Waals surface area contributed by atoms with Gasteiger partial charge in [0.25, 0.3) is 0 Å². The van der Waals surface area contributed by atoms with Crippen molar-refractivity contribution >= 4 is 16.8 Å². The summed E-state index contributed by atoms with van der Waals surface area (Å²) in [7, 11) is 1.91. The van der Waals surface area contributed by atoms with Crippen LogP contribution in [0.15, 0.2) is 30.5 Å². The molecule has 1 aliphatic rings. The molecule has 0 aliphatic heterocycles. The van der Waals surface area contributed by atoms with Crippen LogP contribution in [0.3, 0.4) is 0 Å². The summed E-state index contributed by atoms with van der Waals surface area (Å²) in [5.74, 6) is 0.205. The van der Waals surface area contributed by atoms with Gasteiger partial charge in [-0.15, -0.1) is 0 Å². The average molecular weight is 242 g/mol. The van der Waals surface area contributed by atoms with Gasteiger partial charge in [-0.25, -0.2) is 0 Å². The Bertz CT molecular complexity index is 596. The fraction of sp³-hybridized carbons (Fsp3) is 0.400. The van der Waals surface area contributed by atoms with Gasteiger partial charge >= 0.3 is 0 Å². The van der Waals surface area contributed by atoms with E-state index in [2.05, 4.69) is 31.2 Å². The van der Waals surface area contributed by atoms with Crippen molar-refractivity contribution in [1.82, 2.24) is 9.47 Å². The van der Waals surface area contributed by atoms with Gasteiger partial charge in [-0.2, -0.15) is 0 Å². The third-order valence-corrected chi connectivity index (χ3v) is 3.72. The van der Waals surface area contributed by atoms with E-state index >= 15 is 0 Å². The summed E-state index contributed by atoms with van der Waals surface area (Å²) in [5, 5.41) is 1.20. The highest BCUT2D eigenvalue weighted by molar-refractivity contribution is 5.84. The number of amides is 1. The first-order valence-corrected chi connectivity index (χ1v) is 6.46. The zero-order valence-electron chi connectivity index (χ0n) is 10.9. The van der Waals surface area contributed by atoms with Gasteiger partial charge in [0.05, 0.1) is 0 Å². The average Bonchev–Trinajstić information content (AvgIpc) is 3.13. The Morgan fingerprint density at radius 2 is 2.17 bits per heavy atom. The van der Waals surface area contributed by atoms with Crippen LogP contribution >= 0.6 is 0 Å². The zero-order valence-corrected chi connectivity index (χ0v) is 10.9. The number of rotatable bonds is 3. The highest BCUT2D eigenvalue weighted by Crippen LogP contribution is 2.26. The summed E-state index contributed by atoms with van der Waals surface area (Å²) >= 11 is 0. The van der Waals surface area contributed by atoms with E-state index in [9.17, 15) is 4.79 Å². The number of carbonyl (C=O) groups excluding carboxylic acids is 1. The van der Waals surface area contributed by atoms with Gasteiger partial charge in [0, 0.05) is 24.8 Å². The molecule has 0 spiro atoms. The van der Waals surface area contributed by atoms with Crippen molar-refractivity contribution in [3.63, 3.8) is 0 Å². The Balaban J connectivity index is 1.85. The molecule has 3 nitrogen and oxygen atoms in total. The highest BCUT2D eigenvalue weighted by atomic mass is 16.2. The number of benzene rings is 1. The van der Waals surface area contributed by atoms with Gasteiger partial charge in [-0.3, -0.25) is 4.79 Å². The summed E-state index contributed by atoms with van der Waals surface area (Å²) in [5.41, 5.74) is 2.37. The Kier molecular flexibility index (Phi) is 2.62. The van der Waals surface area contributed by atoms with Crippen LogP contribution in [0.25, 0.3) is 10.9 Å². The van der Waals surface area contributed by atoms with Crippen molar-refractivity contribution in [2.75, 3.05) is 7.05 Å². The summed E-state index contributed by atoms with van der Waals surface area (Å²) < 4.78 is 2.05. The molecule has 3 rings (SSSR count). The molecule has 1 saturated carbocycles. The molecule has 2 aromatic rings. The van der Waals surface area contributed by atoms with Gasteiger partial charge in [-0.1, -0.05) is 12.1 Å². The molecule has 1 amide bonds. The molecule has 1 heterocycles. The minimum absolute atomic E-state index is 0.205. The SMILES string of the molecule is Cc1ccc2ccn(CC(=O)N(C)C3CC3)c2c1. The molecule has 0 unspecified atom stereocenters. The fourth-order valence-electron chi connectivity index (χ4n) is 2.35. The topological polar surface area (TPSA) is 25.2 Å². The van der Waals surface area contributed by atoms with Gasteiger partial charge in [0.15, 0.2) is 0 Å². The molecule has 0 bridgehead atoms. The predicted molar refractivity (Wildman–Crippen MR) is 72.5 cm³/mol. The molecule has 0 N–H and O–H groups in total. The molecule has 0 radical (unpaired) electrons. The summed E-state index contributed by atoms with van der Waals surface area (Å²) in [6.45, 7) is 2.52. The number of carbonyl (C=O) groups is 1. The molecule has 94 valence electrons. The highest BCUT2D eigenvalue weighted by Gasteiger charge is 2.29. The lowest BCUT2D eigenvalue weighted by Gasteiger charge is -2.17. The zero-order chi connectivity index (χ0) is 12.7. The van der Waals surface area contributed by atoms with Crippen molar-refractivity contribution in [1.29, 1.82) is 0 Å². The van der Waals surface area contributed by atoms with Crippen LogP contribution in [-0.2, 0) is 11.3 Å². The maximum absolute atomic E-state index is 12.1. The first kappa shape index (κ1) is 11.3. The second kappa shape index (κ2) is 4.16. The van der Waals surface area contributed by atoms with Crippen molar-refractivity contribution in [3.8, 4) is 0 Å². The van der Waals surface area contributed by atoms with E-state index in [4.69, 9.17) is 0 Å². The molecular weight excluding hydrogens is 224 g/mol. The van der Waals surface area contributed by atoms with Crippen molar-refractivity contribution in [2.45, 2.75) is 32.4 Å². The number of aryl methyl sites for hydroxylation is 1. The van der Waals surface area contributed by atoms with Crippen LogP contribution in [0.4, 0.5) is 0 Å². The van der Waals surface area contributed by atoms with Crippen LogP contribution in [0.1, 0.15) is 18.4 Å². The minimum Gasteiger partial charge on any atom is -0.341 e. The normalized spacial score (nSPS) is 15.0. The van der Waals surface area contributed by atoms with Gasteiger partial charge in [0.2, 0.25) is 5.91 Å². The van der Waals surface area contributed by atoms with Gasteiger partial charge < -0.3 is 9.47 Å². The number of hydrogen-bond acceptors (Lipinski definition) is 1. The second-order valence-electron chi connectivity index (χ2n) is 5.24. The molecule has 0 saturated heterocycles. The minimum atomic E-state index is 0.205. The molecule has 18 heavy (non-hydrogen) atoms. The summed E-state index contributed by atoms with van der Waals surface area (Å²) in [6.07, 6.45) is 4.32. The van der Waals surface area contributed by atoms with E-state index in [-0.39, 0.29) is 5.91 Å². The Hall–Kier alpha value is -1.77. The van der Waals surface area contributed by atoms with Crippen LogP contribution in [0.2, 0.25) is 0 Å². The maximum atomic E-state index is 12.1. The number of fused-ring (bicyclic) bond motifs is 1. The lowest BCUT2D eigenvalue weighted by molar-refractivity contribution is -0.130. The molecular formula is C15H18N2O. The Morgan fingerprint density at radius 3 is 2.89 bits per heavy atom. The number of hydrogen-bond donors (Lipinski definition) is 0. The molecule has 1 fully saturated rings.